The van der Waals surface area contributed by atoms with Gasteiger partial charge in [-0.05, 0) is 31.5 Å². The van der Waals surface area contributed by atoms with Crippen LogP contribution in [-0.2, 0) is 4.74 Å². The van der Waals surface area contributed by atoms with Crippen molar-refractivity contribution in [3.63, 3.8) is 0 Å². The summed E-state index contributed by atoms with van der Waals surface area (Å²) in [6.07, 6.45) is 0.0453. The van der Waals surface area contributed by atoms with Crippen molar-refractivity contribution in [1.82, 2.24) is 10.2 Å². The van der Waals surface area contributed by atoms with Crippen LogP contribution in [-0.4, -0.2) is 43.6 Å². The topological polar surface area (TPSA) is 36.9 Å². The summed E-state index contributed by atoms with van der Waals surface area (Å²) in [6.45, 7) is 6.45. The third-order valence-corrected chi connectivity index (χ3v) is 3.35. The molecule has 1 aromatic rings. The number of morpholine rings is 1. The van der Waals surface area contributed by atoms with Gasteiger partial charge in [0.15, 0.2) is 5.96 Å². The molecular weight excluding hydrogens is 384 g/mol. The fraction of sp³-hybridized carbons (Fsp3) is 0.533. The largest absolute Gasteiger partial charge is 0.367 e. The van der Waals surface area contributed by atoms with Crippen LogP contribution in [0.1, 0.15) is 25.5 Å². The Balaban J connectivity index is 0.00000220. The van der Waals surface area contributed by atoms with E-state index in [1.54, 1.807) is 19.2 Å². The first-order chi connectivity index (χ1) is 9.63. The predicted octanol–water partition coefficient (Wildman–Crippen LogP) is 2.80. The van der Waals surface area contributed by atoms with Gasteiger partial charge in [-0.3, -0.25) is 4.99 Å². The SMILES string of the molecule is CCNC(=NC)N1CC(C)OC(c2ccc(F)cc2)C1.I. The van der Waals surface area contributed by atoms with Crippen LogP contribution in [0.25, 0.3) is 0 Å². The van der Waals surface area contributed by atoms with Crippen LogP contribution in [0.2, 0.25) is 0 Å². The fourth-order valence-corrected chi connectivity index (χ4v) is 2.48. The van der Waals surface area contributed by atoms with Gasteiger partial charge in [0.1, 0.15) is 11.9 Å². The molecule has 1 N–H and O–H groups in total. The van der Waals surface area contributed by atoms with Crippen molar-refractivity contribution in [2.45, 2.75) is 26.1 Å². The van der Waals surface area contributed by atoms with E-state index in [2.05, 4.69) is 15.2 Å². The molecule has 1 heterocycles. The minimum absolute atomic E-state index is 0. The number of nitrogens with one attached hydrogen (secondary N) is 1. The maximum Gasteiger partial charge on any atom is 0.193 e. The number of aliphatic imine (C=N–C) groups is 1. The molecule has 21 heavy (non-hydrogen) atoms. The van der Waals surface area contributed by atoms with Crippen molar-refractivity contribution < 1.29 is 9.13 Å². The number of hydrogen-bond acceptors (Lipinski definition) is 2. The number of halogens is 2. The number of nitrogens with zero attached hydrogens (tertiary/aromatic N) is 2. The summed E-state index contributed by atoms with van der Waals surface area (Å²) < 4.78 is 19.0. The first-order valence-corrected chi connectivity index (χ1v) is 7.00. The van der Waals surface area contributed by atoms with E-state index in [4.69, 9.17) is 4.74 Å². The Morgan fingerprint density at radius 1 is 1.38 bits per heavy atom. The van der Waals surface area contributed by atoms with Crippen molar-refractivity contribution in [2.75, 3.05) is 26.7 Å². The van der Waals surface area contributed by atoms with Gasteiger partial charge < -0.3 is 15.0 Å². The first-order valence-electron chi connectivity index (χ1n) is 7.00. The summed E-state index contributed by atoms with van der Waals surface area (Å²) in [6, 6.07) is 6.52. The van der Waals surface area contributed by atoms with Gasteiger partial charge in [0, 0.05) is 20.1 Å². The highest BCUT2D eigenvalue weighted by molar-refractivity contribution is 14.0. The molecule has 0 radical (unpaired) electrons. The van der Waals surface area contributed by atoms with Crippen LogP contribution in [0.4, 0.5) is 4.39 Å². The second-order valence-corrected chi connectivity index (χ2v) is 4.97. The molecule has 0 saturated carbocycles. The van der Waals surface area contributed by atoms with Crippen LogP contribution < -0.4 is 5.32 Å². The van der Waals surface area contributed by atoms with Crippen LogP contribution in [0.5, 0.6) is 0 Å². The van der Waals surface area contributed by atoms with E-state index in [9.17, 15) is 4.39 Å². The molecule has 118 valence electrons. The molecule has 0 bridgehead atoms. The highest BCUT2D eigenvalue weighted by atomic mass is 127. The van der Waals surface area contributed by atoms with Crippen LogP contribution in [0, 0.1) is 5.82 Å². The third kappa shape index (κ3) is 4.81. The lowest BCUT2D eigenvalue weighted by Gasteiger charge is -2.38. The van der Waals surface area contributed by atoms with Gasteiger partial charge in [0.25, 0.3) is 0 Å². The molecule has 1 saturated heterocycles. The van der Waals surface area contributed by atoms with Gasteiger partial charge >= 0.3 is 0 Å². The summed E-state index contributed by atoms with van der Waals surface area (Å²) in [4.78, 5) is 6.48. The normalized spacial score (nSPS) is 22.7. The molecular formula is C15H23FIN3O. The van der Waals surface area contributed by atoms with E-state index in [0.29, 0.717) is 0 Å². The lowest BCUT2D eigenvalue weighted by Crippen LogP contribution is -2.50. The number of benzene rings is 1. The molecule has 0 amide bonds. The molecule has 1 aromatic carbocycles. The van der Waals surface area contributed by atoms with E-state index < -0.39 is 0 Å². The highest BCUT2D eigenvalue weighted by Crippen LogP contribution is 2.25. The third-order valence-electron chi connectivity index (χ3n) is 3.35. The Bertz CT molecular complexity index is 466. The van der Waals surface area contributed by atoms with E-state index in [0.717, 1.165) is 31.2 Å². The quantitative estimate of drug-likeness (QED) is 0.466. The van der Waals surface area contributed by atoms with Crippen molar-refractivity contribution in [2.24, 2.45) is 4.99 Å². The van der Waals surface area contributed by atoms with Gasteiger partial charge in [-0.2, -0.15) is 0 Å². The van der Waals surface area contributed by atoms with E-state index in [1.165, 1.54) is 12.1 Å². The van der Waals surface area contributed by atoms with E-state index in [1.807, 2.05) is 13.8 Å². The summed E-state index contributed by atoms with van der Waals surface area (Å²) in [5.74, 6) is 0.660. The average molecular weight is 407 g/mol. The number of guanidine groups is 1. The summed E-state index contributed by atoms with van der Waals surface area (Å²) >= 11 is 0. The first kappa shape index (κ1) is 18.2. The second kappa shape index (κ2) is 8.53. The lowest BCUT2D eigenvalue weighted by atomic mass is 10.1. The molecule has 2 unspecified atom stereocenters. The number of rotatable bonds is 2. The van der Waals surface area contributed by atoms with Crippen molar-refractivity contribution in [3.8, 4) is 0 Å². The standard InChI is InChI=1S/C15H22FN3O.HI/c1-4-18-15(17-3)19-9-11(2)20-14(10-19)12-5-7-13(16)8-6-12;/h5-8,11,14H,4,9-10H2,1-3H3,(H,17,18);1H. The Morgan fingerprint density at radius 2 is 2.05 bits per heavy atom. The Hall–Kier alpha value is -0.890. The lowest BCUT2D eigenvalue weighted by molar-refractivity contribution is -0.0604. The highest BCUT2D eigenvalue weighted by Gasteiger charge is 2.28. The van der Waals surface area contributed by atoms with Gasteiger partial charge in [-0.1, -0.05) is 12.1 Å². The summed E-state index contributed by atoms with van der Waals surface area (Å²) in [5, 5.41) is 3.26. The maximum absolute atomic E-state index is 13.0. The Labute approximate surface area is 142 Å². The minimum atomic E-state index is -0.224. The van der Waals surface area contributed by atoms with Crippen molar-refractivity contribution >= 4 is 29.9 Å². The van der Waals surface area contributed by atoms with Crippen molar-refractivity contribution in [3.05, 3.63) is 35.6 Å². The molecule has 1 fully saturated rings. The summed E-state index contributed by atoms with van der Waals surface area (Å²) in [7, 11) is 1.78. The number of hydrogen-bond donors (Lipinski definition) is 1. The zero-order chi connectivity index (χ0) is 14.5. The molecule has 4 nitrogen and oxygen atoms in total. The summed E-state index contributed by atoms with van der Waals surface area (Å²) in [5.41, 5.74) is 0.995. The molecule has 0 aliphatic carbocycles. The molecule has 1 aliphatic heterocycles. The average Bonchev–Trinajstić information content (AvgIpc) is 2.44. The number of ether oxygens (including phenoxy) is 1. The molecule has 6 heteroatoms. The molecule has 2 rings (SSSR count). The van der Waals surface area contributed by atoms with Crippen LogP contribution in [0.15, 0.2) is 29.3 Å². The maximum atomic E-state index is 13.0. The van der Waals surface area contributed by atoms with Gasteiger partial charge in [-0.15, -0.1) is 24.0 Å². The smallest absolute Gasteiger partial charge is 0.193 e. The Kier molecular flexibility index (Phi) is 7.37. The second-order valence-electron chi connectivity index (χ2n) is 4.97. The van der Waals surface area contributed by atoms with Crippen molar-refractivity contribution in [1.29, 1.82) is 0 Å². The fourth-order valence-electron chi connectivity index (χ4n) is 2.48. The zero-order valence-corrected chi connectivity index (χ0v) is 15.0. The molecule has 1 aliphatic rings. The van der Waals surface area contributed by atoms with E-state index in [-0.39, 0.29) is 42.0 Å². The van der Waals surface area contributed by atoms with Gasteiger partial charge in [-0.25, -0.2) is 4.39 Å². The van der Waals surface area contributed by atoms with Crippen LogP contribution in [0.3, 0.4) is 0 Å². The van der Waals surface area contributed by atoms with Crippen LogP contribution >= 0.6 is 24.0 Å². The molecule has 0 aromatic heterocycles. The van der Waals surface area contributed by atoms with Gasteiger partial charge in [0.05, 0.1) is 12.6 Å². The molecule has 0 spiro atoms. The van der Waals surface area contributed by atoms with E-state index >= 15 is 0 Å². The monoisotopic (exact) mass is 407 g/mol. The van der Waals surface area contributed by atoms with Gasteiger partial charge in [0.2, 0.25) is 0 Å². The Morgan fingerprint density at radius 3 is 2.62 bits per heavy atom. The predicted molar refractivity (Wildman–Crippen MR) is 93.7 cm³/mol. The zero-order valence-electron chi connectivity index (χ0n) is 12.7. The minimum Gasteiger partial charge on any atom is -0.367 e. The molecule has 2 atom stereocenters.